The van der Waals surface area contributed by atoms with E-state index < -0.39 is 5.69 Å². The van der Waals surface area contributed by atoms with E-state index in [9.17, 15) is 19.8 Å². The minimum atomic E-state index is -0.475. The van der Waals surface area contributed by atoms with Crippen LogP contribution in [0.15, 0.2) is 41.2 Å². The monoisotopic (exact) mass is 478 g/mol. The van der Waals surface area contributed by atoms with Crippen molar-refractivity contribution in [2.45, 2.75) is 19.8 Å². The number of aromatic nitrogens is 4. The fourth-order valence-corrected chi connectivity index (χ4v) is 4.21. The molecule has 0 saturated heterocycles. The van der Waals surface area contributed by atoms with Crippen LogP contribution in [0.2, 0.25) is 0 Å². The molecule has 2 aromatic carbocycles. The highest BCUT2D eigenvalue weighted by Crippen LogP contribution is 2.37. The van der Waals surface area contributed by atoms with Gasteiger partial charge in [0, 0.05) is 44.2 Å². The molecule has 0 saturated carbocycles. The molecule has 0 spiro atoms. The van der Waals surface area contributed by atoms with E-state index >= 15 is 0 Å². The highest BCUT2D eigenvalue weighted by Gasteiger charge is 2.21. The van der Waals surface area contributed by atoms with Gasteiger partial charge in [-0.15, -0.1) is 0 Å². The van der Waals surface area contributed by atoms with Crippen LogP contribution in [0.5, 0.6) is 11.5 Å². The SMILES string of the molecule is CNCCN(C)C(=O)c1cc2cc(-n3c(-c4cc(C(C)C)c(O)cc4O)n[nH]c3=O)ccc2n1C. The molecule has 2 heterocycles. The molecule has 4 rings (SSSR count). The summed E-state index contributed by atoms with van der Waals surface area (Å²) >= 11 is 0. The van der Waals surface area contributed by atoms with Crippen molar-refractivity contribution in [3.8, 4) is 28.6 Å². The van der Waals surface area contributed by atoms with E-state index in [0.29, 0.717) is 35.6 Å². The third kappa shape index (κ3) is 4.28. The van der Waals surface area contributed by atoms with Gasteiger partial charge in [0.15, 0.2) is 5.82 Å². The average molecular weight is 479 g/mol. The molecule has 0 aliphatic heterocycles. The molecule has 0 radical (unpaired) electrons. The first-order valence-electron chi connectivity index (χ1n) is 11.4. The zero-order chi connectivity index (χ0) is 25.4. The molecule has 4 N–H and O–H groups in total. The maximum absolute atomic E-state index is 13.0. The number of nitrogens with zero attached hydrogens (tertiary/aromatic N) is 4. The molecule has 10 nitrogen and oxygen atoms in total. The summed E-state index contributed by atoms with van der Waals surface area (Å²) in [5.74, 6) is -0.0975. The third-order valence-electron chi connectivity index (χ3n) is 6.23. The second-order valence-electron chi connectivity index (χ2n) is 8.93. The molecule has 10 heteroatoms. The van der Waals surface area contributed by atoms with Crippen LogP contribution in [0.3, 0.4) is 0 Å². The lowest BCUT2D eigenvalue weighted by Crippen LogP contribution is -2.33. The fourth-order valence-electron chi connectivity index (χ4n) is 4.21. The molecule has 1 amide bonds. The molecule has 0 atom stereocenters. The smallest absolute Gasteiger partial charge is 0.348 e. The largest absolute Gasteiger partial charge is 0.508 e. The van der Waals surface area contributed by atoms with Crippen molar-refractivity contribution in [3.63, 3.8) is 0 Å². The lowest BCUT2D eigenvalue weighted by Gasteiger charge is -2.17. The van der Waals surface area contributed by atoms with Crippen LogP contribution >= 0.6 is 0 Å². The summed E-state index contributed by atoms with van der Waals surface area (Å²) in [5, 5.41) is 31.2. The number of aromatic hydroxyl groups is 2. The number of carbonyl (C=O) groups excluding carboxylic acids is 1. The van der Waals surface area contributed by atoms with Crippen molar-refractivity contribution in [2.75, 3.05) is 27.2 Å². The predicted molar refractivity (Wildman–Crippen MR) is 134 cm³/mol. The zero-order valence-corrected chi connectivity index (χ0v) is 20.5. The Balaban J connectivity index is 1.81. The second-order valence-corrected chi connectivity index (χ2v) is 8.93. The molecule has 2 aromatic heterocycles. The van der Waals surface area contributed by atoms with Crippen molar-refractivity contribution < 1.29 is 15.0 Å². The van der Waals surface area contributed by atoms with E-state index in [0.717, 1.165) is 10.9 Å². The van der Waals surface area contributed by atoms with Crippen LogP contribution in [0, 0.1) is 0 Å². The Morgan fingerprint density at radius 1 is 1.17 bits per heavy atom. The Morgan fingerprint density at radius 2 is 1.91 bits per heavy atom. The van der Waals surface area contributed by atoms with E-state index in [2.05, 4.69) is 15.5 Å². The maximum Gasteiger partial charge on any atom is 0.348 e. The van der Waals surface area contributed by atoms with E-state index in [4.69, 9.17) is 0 Å². The van der Waals surface area contributed by atoms with Crippen LogP contribution in [-0.4, -0.2) is 67.5 Å². The van der Waals surface area contributed by atoms with Gasteiger partial charge in [-0.2, -0.15) is 5.10 Å². The van der Waals surface area contributed by atoms with Crippen LogP contribution in [0.1, 0.15) is 35.8 Å². The highest BCUT2D eigenvalue weighted by atomic mass is 16.3. The van der Waals surface area contributed by atoms with Gasteiger partial charge < -0.3 is 25.0 Å². The van der Waals surface area contributed by atoms with Gasteiger partial charge in [0.2, 0.25) is 0 Å². The number of carbonyl (C=O) groups is 1. The van der Waals surface area contributed by atoms with E-state index in [1.807, 2.05) is 38.6 Å². The zero-order valence-electron chi connectivity index (χ0n) is 20.5. The van der Waals surface area contributed by atoms with Gasteiger partial charge in [0.05, 0.1) is 11.3 Å². The molecule has 0 unspecified atom stereocenters. The number of benzene rings is 2. The number of nitrogens with one attached hydrogen (secondary N) is 2. The van der Waals surface area contributed by atoms with Crippen LogP contribution in [-0.2, 0) is 7.05 Å². The van der Waals surface area contributed by atoms with E-state index in [-0.39, 0.29) is 29.1 Å². The Morgan fingerprint density at radius 3 is 2.60 bits per heavy atom. The molecule has 35 heavy (non-hydrogen) atoms. The minimum Gasteiger partial charge on any atom is -0.508 e. The van der Waals surface area contributed by atoms with Gasteiger partial charge in [-0.1, -0.05) is 13.8 Å². The predicted octanol–water partition coefficient (Wildman–Crippen LogP) is 2.55. The van der Waals surface area contributed by atoms with Gasteiger partial charge in [-0.05, 0) is 48.9 Å². The van der Waals surface area contributed by atoms with Crippen molar-refractivity contribution in [1.82, 2.24) is 29.5 Å². The first-order valence-corrected chi connectivity index (χ1v) is 11.4. The third-order valence-corrected chi connectivity index (χ3v) is 6.23. The summed E-state index contributed by atoms with van der Waals surface area (Å²) in [7, 11) is 5.43. The van der Waals surface area contributed by atoms with Gasteiger partial charge in [-0.25, -0.2) is 14.5 Å². The first-order chi connectivity index (χ1) is 16.6. The molecule has 4 aromatic rings. The van der Waals surface area contributed by atoms with Crippen LogP contribution < -0.4 is 11.0 Å². The number of aryl methyl sites for hydroxylation is 1. The summed E-state index contributed by atoms with van der Waals surface area (Å²) in [5.41, 5.74) is 2.37. The van der Waals surface area contributed by atoms with Crippen LogP contribution in [0.4, 0.5) is 0 Å². The van der Waals surface area contributed by atoms with Crippen molar-refractivity contribution in [3.05, 3.63) is 58.1 Å². The number of likely N-dealkylation sites (N-methyl/N-ethyl adjacent to an activating group) is 2. The van der Waals surface area contributed by atoms with Gasteiger partial charge >= 0.3 is 5.69 Å². The van der Waals surface area contributed by atoms with Crippen molar-refractivity contribution in [2.24, 2.45) is 7.05 Å². The van der Waals surface area contributed by atoms with Gasteiger partial charge in [0.25, 0.3) is 5.91 Å². The second kappa shape index (κ2) is 9.30. The topological polar surface area (TPSA) is 128 Å². The number of hydrogen-bond acceptors (Lipinski definition) is 6. The quantitative estimate of drug-likeness (QED) is 0.323. The Kier molecular flexibility index (Phi) is 6.40. The summed E-state index contributed by atoms with van der Waals surface area (Å²) in [4.78, 5) is 27.4. The number of phenolic OH excluding ortho intramolecular Hbond substituents is 2. The summed E-state index contributed by atoms with van der Waals surface area (Å²) in [6.07, 6.45) is 0. The molecule has 0 aliphatic carbocycles. The number of phenols is 2. The van der Waals surface area contributed by atoms with Crippen LogP contribution in [0.25, 0.3) is 28.0 Å². The van der Waals surface area contributed by atoms with Gasteiger partial charge in [-0.3, -0.25) is 4.79 Å². The molecular formula is C25H30N6O4. The Labute approximate surface area is 202 Å². The maximum atomic E-state index is 13.0. The standard InChI is InChI=1S/C25H30N6O4/c1-14(2)17-12-18(22(33)13-21(17)32)23-27-28-25(35)31(23)16-6-7-19-15(10-16)11-20(30(19)5)24(34)29(4)9-8-26-3/h6-7,10-14,26,32-33H,8-9H2,1-5H3,(H,28,35). The first kappa shape index (κ1) is 24.1. The lowest BCUT2D eigenvalue weighted by molar-refractivity contribution is 0.0788. The van der Waals surface area contributed by atoms with E-state index in [1.165, 1.54) is 10.6 Å². The average Bonchev–Trinajstić information content (AvgIpc) is 3.36. The molecular weight excluding hydrogens is 448 g/mol. The minimum absolute atomic E-state index is 0.00340. The Hall–Kier alpha value is -4.05. The number of hydrogen-bond donors (Lipinski definition) is 4. The number of amides is 1. The van der Waals surface area contributed by atoms with Crippen molar-refractivity contribution in [1.29, 1.82) is 0 Å². The summed E-state index contributed by atoms with van der Waals surface area (Å²) in [6.45, 7) is 5.10. The molecule has 0 aliphatic rings. The normalized spacial score (nSPS) is 11.5. The summed E-state index contributed by atoms with van der Waals surface area (Å²) < 4.78 is 3.19. The fraction of sp³-hybridized carbons (Fsp3) is 0.320. The number of fused-ring (bicyclic) bond motifs is 1. The highest BCUT2D eigenvalue weighted by molar-refractivity contribution is 5.99. The molecule has 184 valence electrons. The van der Waals surface area contributed by atoms with Gasteiger partial charge in [0.1, 0.15) is 17.2 Å². The van der Waals surface area contributed by atoms with E-state index in [1.54, 1.807) is 36.2 Å². The number of rotatable bonds is 7. The summed E-state index contributed by atoms with van der Waals surface area (Å²) in [6, 6.07) is 10.1. The number of aromatic amines is 1. The van der Waals surface area contributed by atoms with Crippen molar-refractivity contribution >= 4 is 16.8 Å². The lowest BCUT2D eigenvalue weighted by atomic mass is 9.98. The molecule has 0 fully saturated rings. The number of H-pyrrole nitrogens is 1. The Bertz CT molecular complexity index is 1460. The molecule has 0 bridgehead atoms.